The fraction of sp³-hybridized carbons (Fsp3) is 0.333. The van der Waals surface area contributed by atoms with Crippen molar-refractivity contribution in [3.05, 3.63) is 47.8 Å². The minimum Gasteiger partial charge on any atom is -0.394 e. The Balaban J connectivity index is 2.17. The van der Waals surface area contributed by atoms with Crippen molar-refractivity contribution < 1.29 is 9.90 Å². The Labute approximate surface area is 118 Å². The van der Waals surface area contributed by atoms with Gasteiger partial charge in [-0.1, -0.05) is 25.1 Å². The lowest BCUT2D eigenvalue weighted by molar-refractivity contribution is 0.0915. The monoisotopic (exact) mass is 273 g/mol. The first kappa shape index (κ1) is 14.3. The number of para-hydroxylation sites is 1. The number of nitrogens with zero attached hydrogens (tertiary/aromatic N) is 2. The van der Waals surface area contributed by atoms with E-state index in [9.17, 15) is 4.79 Å². The van der Waals surface area contributed by atoms with Crippen molar-refractivity contribution in [3.63, 3.8) is 0 Å². The largest absolute Gasteiger partial charge is 0.394 e. The lowest BCUT2D eigenvalue weighted by atomic mass is 10.2. The van der Waals surface area contributed by atoms with E-state index in [1.54, 1.807) is 10.9 Å². The SMILES string of the molecule is CCC(CO)NC(=O)c1cnn(-c2ccccc2C)c1. The molecule has 0 radical (unpaired) electrons. The van der Waals surface area contributed by atoms with Crippen LogP contribution in [0.4, 0.5) is 0 Å². The number of rotatable bonds is 5. The summed E-state index contributed by atoms with van der Waals surface area (Å²) < 4.78 is 1.68. The molecule has 2 aromatic rings. The van der Waals surface area contributed by atoms with Crippen molar-refractivity contribution in [1.82, 2.24) is 15.1 Å². The summed E-state index contributed by atoms with van der Waals surface area (Å²) in [7, 11) is 0. The van der Waals surface area contributed by atoms with Crippen molar-refractivity contribution in [2.75, 3.05) is 6.61 Å². The number of aliphatic hydroxyl groups is 1. The van der Waals surface area contributed by atoms with E-state index < -0.39 is 0 Å². The Morgan fingerprint density at radius 1 is 1.45 bits per heavy atom. The van der Waals surface area contributed by atoms with Gasteiger partial charge in [0.25, 0.3) is 5.91 Å². The predicted octanol–water partition coefficient (Wildman–Crippen LogP) is 1.68. The third kappa shape index (κ3) is 3.05. The first-order chi connectivity index (χ1) is 9.65. The lowest BCUT2D eigenvalue weighted by Gasteiger charge is -2.12. The number of nitrogens with one attached hydrogen (secondary N) is 1. The molecule has 1 unspecified atom stereocenters. The molecule has 5 heteroatoms. The topological polar surface area (TPSA) is 67.2 Å². The molecular formula is C15H19N3O2. The highest BCUT2D eigenvalue weighted by Crippen LogP contribution is 2.13. The van der Waals surface area contributed by atoms with E-state index in [2.05, 4.69) is 10.4 Å². The summed E-state index contributed by atoms with van der Waals surface area (Å²) in [5.41, 5.74) is 2.52. The highest BCUT2D eigenvalue weighted by Gasteiger charge is 2.13. The molecule has 5 nitrogen and oxygen atoms in total. The third-order valence-corrected chi connectivity index (χ3v) is 3.26. The maximum Gasteiger partial charge on any atom is 0.254 e. The molecule has 2 N–H and O–H groups in total. The summed E-state index contributed by atoms with van der Waals surface area (Å²) in [6, 6.07) is 7.62. The van der Waals surface area contributed by atoms with Crippen molar-refractivity contribution in [2.24, 2.45) is 0 Å². The number of aliphatic hydroxyl groups excluding tert-OH is 1. The molecule has 1 amide bonds. The van der Waals surface area contributed by atoms with E-state index in [0.29, 0.717) is 12.0 Å². The van der Waals surface area contributed by atoms with E-state index in [4.69, 9.17) is 5.11 Å². The highest BCUT2D eigenvalue weighted by molar-refractivity contribution is 5.94. The summed E-state index contributed by atoms with van der Waals surface area (Å²) >= 11 is 0. The van der Waals surface area contributed by atoms with Gasteiger partial charge in [-0.05, 0) is 25.0 Å². The maximum atomic E-state index is 12.0. The smallest absolute Gasteiger partial charge is 0.254 e. The molecule has 20 heavy (non-hydrogen) atoms. The van der Waals surface area contributed by atoms with Crippen LogP contribution in [0.1, 0.15) is 29.3 Å². The molecule has 0 aliphatic carbocycles. The molecule has 106 valence electrons. The van der Waals surface area contributed by atoms with Crippen LogP contribution < -0.4 is 5.32 Å². The summed E-state index contributed by atoms with van der Waals surface area (Å²) in [6.45, 7) is 3.85. The van der Waals surface area contributed by atoms with Crippen LogP contribution >= 0.6 is 0 Å². The van der Waals surface area contributed by atoms with E-state index in [-0.39, 0.29) is 18.6 Å². The Bertz CT molecular complexity index is 588. The van der Waals surface area contributed by atoms with Gasteiger partial charge in [0.15, 0.2) is 0 Å². The molecule has 0 fully saturated rings. The molecule has 2 rings (SSSR count). The zero-order valence-corrected chi connectivity index (χ0v) is 11.7. The quantitative estimate of drug-likeness (QED) is 0.871. The molecule has 0 spiro atoms. The molecule has 1 heterocycles. The molecule has 0 aliphatic heterocycles. The number of hydrogen-bond donors (Lipinski definition) is 2. The molecule has 0 saturated heterocycles. The van der Waals surface area contributed by atoms with Gasteiger partial charge in [-0.3, -0.25) is 4.79 Å². The lowest BCUT2D eigenvalue weighted by Crippen LogP contribution is -2.36. The first-order valence-electron chi connectivity index (χ1n) is 6.68. The van der Waals surface area contributed by atoms with Gasteiger partial charge < -0.3 is 10.4 Å². The zero-order chi connectivity index (χ0) is 14.5. The van der Waals surface area contributed by atoms with E-state index in [1.807, 2.05) is 38.1 Å². The van der Waals surface area contributed by atoms with Gasteiger partial charge in [-0.2, -0.15) is 5.10 Å². The second-order valence-corrected chi connectivity index (χ2v) is 4.72. The normalized spacial score (nSPS) is 12.2. The van der Waals surface area contributed by atoms with Gasteiger partial charge in [0.05, 0.1) is 30.1 Å². The van der Waals surface area contributed by atoms with Crippen LogP contribution in [-0.2, 0) is 0 Å². The number of carbonyl (C=O) groups excluding carboxylic acids is 1. The zero-order valence-electron chi connectivity index (χ0n) is 11.7. The van der Waals surface area contributed by atoms with Crippen LogP contribution in [0.3, 0.4) is 0 Å². The second-order valence-electron chi connectivity index (χ2n) is 4.72. The predicted molar refractivity (Wildman–Crippen MR) is 76.9 cm³/mol. The Kier molecular flexibility index (Phi) is 4.53. The van der Waals surface area contributed by atoms with Crippen LogP contribution in [0.2, 0.25) is 0 Å². The third-order valence-electron chi connectivity index (χ3n) is 3.26. The summed E-state index contributed by atoms with van der Waals surface area (Å²) in [4.78, 5) is 12.0. The molecule has 1 aromatic carbocycles. The van der Waals surface area contributed by atoms with Gasteiger partial charge in [0.2, 0.25) is 0 Å². The molecule has 0 aliphatic rings. The van der Waals surface area contributed by atoms with E-state index >= 15 is 0 Å². The Morgan fingerprint density at radius 2 is 2.20 bits per heavy atom. The van der Waals surface area contributed by atoms with E-state index in [0.717, 1.165) is 11.3 Å². The summed E-state index contributed by atoms with van der Waals surface area (Å²) in [5, 5.41) is 16.1. The van der Waals surface area contributed by atoms with Gasteiger partial charge in [-0.25, -0.2) is 4.68 Å². The standard InChI is InChI=1S/C15H19N3O2/c1-3-13(10-19)17-15(20)12-8-16-18(9-12)14-7-5-4-6-11(14)2/h4-9,13,19H,3,10H2,1-2H3,(H,17,20). The maximum absolute atomic E-state index is 12.0. The number of aryl methyl sites for hydroxylation is 1. The molecule has 1 atom stereocenters. The van der Waals surface area contributed by atoms with Crippen LogP contribution in [0.15, 0.2) is 36.7 Å². The minimum atomic E-state index is -0.218. The average Bonchev–Trinajstić information content (AvgIpc) is 2.94. The van der Waals surface area contributed by atoms with Crippen LogP contribution in [0, 0.1) is 6.92 Å². The van der Waals surface area contributed by atoms with Gasteiger partial charge >= 0.3 is 0 Å². The average molecular weight is 273 g/mol. The summed E-state index contributed by atoms with van der Waals surface area (Å²) in [5.74, 6) is -0.217. The molecule has 0 saturated carbocycles. The van der Waals surface area contributed by atoms with Gasteiger partial charge in [-0.15, -0.1) is 0 Å². The number of carbonyl (C=O) groups is 1. The van der Waals surface area contributed by atoms with Crippen molar-refractivity contribution in [2.45, 2.75) is 26.3 Å². The molecule has 1 aromatic heterocycles. The van der Waals surface area contributed by atoms with Crippen molar-refractivity contribution >= 4 is 5.91 Å². The minimum absolute atomic E-state index is 0.0613. The first-order valence-corrected chi connectivity index (χ1v) is 6.68. The Hall–Kier alpha value is -2.14. The van der Waals surface area contributed by atoms with Crippen LogP contribution in [-0.4, -0.2) is 33.4 Å². The second kappa shape index (κ2) is 6.34. The van der Waals surface area contributed by atoms with Crippen LogP contribution in [0.25, 0.3) is 5.69 Å². The van der Waals surface area contributed by atoms with Crippen molar-refractivity contribution in [1.29, 1.82) is 0 Å². The molecule has 0 bridgehead atoms. The number of aromatic nitrogens is 2. The van der Waals surface area contributed by atoms with Gasteiger partial charge in [0, 0.05) is 6.20 Å². The fourth-order valence-electron chi connectivity index (χ4n) is 1.94. The number of hydrogen-bond acceptors (Lipinski definition) is 3. The van der Waals surface area contributed by atoms with Gasteiger partial charge in [0.1, 0.15) is 0 Å². The van der Waals surface area contributed by atoms with E-state index in [1.165, 1.54) is 6.20 Å². The molecular weight excluding hydrogens is 254 g/mol. The number of benzene rings is 1. The fourth-order valence-corrected chi connectivity index (χ4v) is 1.94. The van der Waals surface area contributed by atoms with Crippen LogP contribution in [0.5, 0.6) is 0 Å². The Morgan fingerprint density at radius 3 is 2.85 bits per heavy atom. The summed E-state index contributed by atoms with van der Waals surface area (Å²) in [6.07, 6.45) is 3.92. The highest BCUT2D eigenvalue weighted by atomic mass is 16.3. The van der Waals surface area contributed by atoms with Crippen molar-refractivity contribution in [3.8, 4) is 5.69 Å². The number of amides is 1.